The first-order chi connectivity index (χ1) is 11.8. The van der Waals surface area contributed by atoms with Crippen LogP contribution < -0.4 is 10.6 Å². The number of fused-ring (bicyclic) bond motifs is 1. The van der Waals surface area contributed by atoms with Crippen LogP contribution in [0, 0.1) is 5.92 Å². The van der Waals surface area contributed by atoms with Gasteiger partial charge in [0.15, 0.2) is 0 Å². The minimum atomic E-state index is -0.0114. The third kappa shape index (κ3) is 4.50. The van der Waals surface area contributed by atoms with E-state index >= 15 is 0 Å². The number of nitrogens with one attached hydrogen (secondary N) is 2. The molecule has 0 radical (unpaired) electrons. The zero-order chi connectivity index (χ0) is 16.8. The number of likely N-dealkylation sites (tertiary alicyclic amines) is 1. The average molecular weight is 329 g/mol. The molecule has 2 aliphatic rings. The van der Waals surface area contributed by atoms with Crippen molar-refractivity contribution in [2.24, 2.45) is 5.92 Å². The Bertz CT molecular complexity index is 537. The summed E-state index contributed by atoms with van der Waals surface area (Å²) < 4.78 is 0. The molecule has 1 heterocycles. The molecule has 0 aromatic heterocycles. The summed E-state index contributed by atoms with van der Waals surface area (Å²) in [4.78, 5) is 14.7. The number of rotatable bonds is 5. The van der Waals surface area contributed by atoms with E-state index in [-0.39, 0.29) is 12.1 Å². The van der Waals surface area contributed by atoms with Gasteiger partial charge in [0.25, 0.3) is 0 Å². The molecule has 0 saturated carbocycles. The lowest BCUT2D eigenvalue weighted by atomic mass is 9.88. The van der Waals surface area contributed by atoms with E-state index in [1.54, 1.807) is 0 Å². The lowest BCUT2D eigenvalue weighted by molar-refractivity contribution is 0.186. The van der Waals surface area contributed by atoms with Gasteiger partial charge >= 0.3 is 6.03 Å². The van der Waals surface area contributed by atoms with Crippen molar-refractivity contribution in [3.05, 3.63) is 35.4 Å². The summed E-state index contributed by atoms with van der Waals surface area (Å²) in [6.07, 6.45) is 6.97. The lowest BCUT2D eigenvalue weighted by Gasteiger charge is -2.31. The number of nitrogens with zero attached hydrogens (tertiary/aromatic N) is 1. The van der Waals surface area contributed by atoms with Gasteiger partial charge in [0.2, 0.25) is 0 Å². The average Bonchev–Trinajstić information content (AvgIpc) is 2.63. The molecule has 4 nitrogen and oxygen atoms in total. The van der Waals surface area contributed by atoms with Crippen molar-refractivity contribution in [1.29, 1.82) is 0 Å². The molecule has 1 atom stereocenters. The Morgan fingerprint density at radius 3 is 2.79 bits per heavy atom. The van der Waals surface area contributed by atoms with Gasteiger partial charge in [0.05, 0.1) is 6.04 Å². The molecule has 0 bridgehead atoms. The predicted octanol–water partition coefficient (Wildman–Crippen LogP) is 3.49. The minimum Gasteiger partial charge on any atom is -0.338 e. The van der Waals surface area contributed by atoms with Gasteiger partial charge in [0.1, 0.15) is 0 Å². The summed E-state index contributed by atoms with van der Waals surface area (Å²) in [5, 5.41) is 6.24. The summed E-state index contributed by atoms with van der Waals surface area (Å²) in [6, 6.07) is 8.65. The molecule has 1 unspecified atom stereocenters. The van der Waals surface area contributed by atoms with Crippen molar-refractivity contribution in [1.82, 2.24) is 15.5 Å². The van der Waals surface area contributed by atoms with E-state index in [2.05, 4.69) is 46.7 Å². The number of amides is 2. The molecule has 2 N–H and O–H groups in total. The fourth-order valence-corrected chi connectivity index (χ4v) is 4.09. The van der Waals surface area contributed by atoms with Crippen LogP contribution in [0.15, 0.2) is 24.3 Å². The lowest BCUT2D eigenvalue weighted by Crippen LogP contribution is -2.40. The summed E-state index contributed by atoms with van der Waals surface area (Å²) in [6.45, 7) is 6.61. The van der Waals surface area contributed by atoms with Crippen molar-refractivity contribution in [2.75, 3.05) is 26.2 Å². The van der Waals surface area contributed by atoms with Gasteiger partial charge < -0.3 is 15.5 Å². The molecule has 1 aromatic carbocycles. The van der Waals surface area contributed by atoms with Crippen LogP contribution in [0.25, 0.3) is 0 Å². The van der Waals surface area contributed by atoms with Crippen molar-refractivity contribution >= 4 is 6.03 Å². The van der Waals surface area contributed by atoms with Crippen LogP contribution in [0.5, 0.6) is 0 Å². The third-order valence-corrected chi connectivity index (χ3v) is 5.67. The Balaban J connectivity index is 1.39. The maximum atomic E-state index is 12.2. The van der Waals surface area contributed by atoms with E-state index in [4.69, 9.17) is 0 Å². The van der Waals surface area contributed by atoms with Gasteiger partial charge in [-0.3, -0.25) is 0 Å². The van der Waals surface area contributed by atoms with Gasteiger partial charge in [-0.25, -0.2) is 4.79 Å². The Morgan fingerprint density at radius 1 is 1.21 bits per heavy atom. The highest BCUT2D eigenvalue weighted by molar-refractivity contribution is 5.74. The SMILES string of the molecule is CCN1CCC(CCNC(=O)NC2CCCc3ccccc32)CC1. The molecule has 1 aliphatic carbocycles. The van der Waals surface area contributed by atoms with E-state index in [9.17, 15) is 4.79 Å². The zero-order valence-electron chi connectivity index (χ0n) is 14.9. The second-order valence-electron chi connectivity index (χ2n) is 7.21. The number of carbonyl (C=O) groups is 1. The van der Waals surface area contributed by atoms with Crippen LogP contribution in [0.2, 0.25) is 0 Å². The molecular formula is C20H31N3O. The molecule has 2 amide bonds. The van der Waals surface area contributed by atoms with Crippen molar-refractivity contribution in [3.63, 3.8) is 0 Å². The van der Waals surface area contributed by atoms with Crippen LogP contribution in [0.1, 0.15) is 56.2 Å². The van der Waals surface area contributed by atoms with Gasteiger partial charge in [0, 0.05) is 6.54 Å². The number of aryl methyl sites for hydroxylation is 1. The Hall–Kier alpha value is -1.55. The molecule has 1 fully saturated rings. The summed E-state index contributed by atoms with van der Waals surface area (Å²) in [7, 11) is 0. The highest BCUT2D eigenvalue weighted by Gasteiger charge is 2.22. The van der Waals surface area contributed by atoms with Crippen LogP contribution in [-0.4, -0.2) is 37.1 Å². The Morgan fingerprint density at radius 2 is 2.00 bits per heavy atom. The predicted molar refractivity (Wildman–Crippen MR) is 98.1 cm³/mol. The maximum Gasteiger partial charge on any atom is 0.315 e. The Labute approximate surface area is 146 Å². The van der Waals surface area contributed by atoms with E-state index in [0.717, 1.165) is 44.7 Å². The topological polar surface area (TPSA) is 44.4 Å². The van der Waals surface area contributed by atoms with Crippen LogP contribution in [-0.2, 0) is 6.42 Å². The molecule has 4 heteroatoms. The Kier molecular flexibility index (Phi) is 6.13. The van der Waals surface area contributed by atoms with Crippen molar-refractivity contribution < 1.29 is 4.79 Å². The molecule has 3 rings (SSSR count). The fourth-order valence-electron chi connectivity index (χ4n) is 4.09. The first-order valence-electron chi connectivity index (χ1n) is 9.60. The monoisotopic (exact) mass is 329 g/mol. The number of benzene rings is 1. The zero-order valence-corrected chi connectivity index (χ0v) is 14.9. The van der Waals surface area contributed by atoms with E-state index in [1.165, 1.54) is 37.1 Å². The van der Waals surface area contributed by atoms with E-state index < -0.39 is 0 Å². The second kappa shape index (κ2) is 8.52. The molecule has 24 heavy (non-hydrogen) atoms. The van der Waals surface area contributed by atoms with Crippen LogP contribution >= 0.6 is 0 Å². The normalized spacial score (nSPS) is 22.0. The fraction of sp³-hybridized carbons (Fsp3) is 0.650. The second-order valence-corrected chi connectivity index (χ2v) is 7.21. The summed E-state index contributed by atoms with van der Waals surface area (Å²) in [5.74, 6) is 0.767. The number of hydrogen-bond acceptors (Lipinski definition) is 2. The van der Waals surface area contributed by atoms with Gasteiger partial charge in [-0.1, -0.05) is 31.2 Å². The molecule has 132 valence electrons. The number of piperidine rings is 1. The number of urea groups is 1. The molecule has 0 spiro atoms. The highest BCUT2D eigenvalue weighted by atomic mass is 16.2. The third-order valence-electron chi connectivity index (χ3n) is 5.67. The maximum absolute atomic E-state index is 12.2. The largest absolute Gasteiger partial charge is 0.338 e. The first kappa shape index (κ1) is 17.3. The molecule has 1 aliphatic heterocycles. The van der Waals surface area contributed by atoms with Crippen LogP contribution in [0.3, 0.4) is 0 Å². The van der Waals surface area contributed by atoms with E-state index in [0.29, 0.717) is 0 Å². The minimum absolute atomic E-state index is 0.0114. The molecule has 1 saturated heterocycles. The summed E-state index contributed by atoms with van der Waals surface area (Å²) >= 11 is 0. The quantitative estimate of drug-likeness (QED) is 0.868. The van der Waals surface area contributed by atoms with Crippen molar-refractivity contribution in [3.8, 4) is 0 Å². The van der Waals surface area contributed by atoms with Gasteiger partial charge in [-0.05, 0) is 75.2 Å². The molecule has 1 aromatic rings. The molecular weight excluding hydrogens is 298 g/mol. The number of hydrogen-bond donors (Lipinski definition) is 2. The van der Waals surface area contributed by atoms with Crippen LogP contribution in [0.4, 0.5) is 4.79 Å². The highest BCUT2D eigenvalue weighted by Crippen LogP contribution is 2.29. The van der Waals surface area contributed by atoms with Crippen molar-refractivity contribution in [2.45, 2.75) is 51.5 Å². The first-order valence-corrected chi connectivity index (χ1v) is 9.60. The van der Waals surface area contributed by atoms with Gasteiger partial charge in [-0.2, -0.15) is 0 Å². The number of carbonyl (C=O) groups excluding carboxylic acids is 1. The van der Waals surface area contributed by atoms with E-state index in [1.807, 2.05) is 0 Å². The standard InChI is InChI=1S/C20H31N3O/c1-2-23-14-11-16(12-15-23)10-13-21-20(24)22-19-9-5-7-17-6-3-4-8-18(17)19/h3-4,6,8,16,19H,2,5,7,9-15H2,1H3,(H2,21,22,24). The van der Waals surface area contributed by atoms with Gasteiger partial charge in [-0.15, -0.1) is 0 Å². The smallest absolute Gasteiger partial charge is 0.315 e. The summed E-state index contributed by atoms with van der Waals surface area (Å²) in [5.41, 5.74) is 2.68.